The van der Waals surface area contributed by atoms with Crippen LogP contribution in [0, 0.1) is 0 Å². The summed E-state index contributed by atoms with van der Waals surface area (Å²) in [6.07, 6.45) is 1.20. The lowest BCUT2D eigenvalue weighted by Crippen LogP contribution is -2.32. The second-order valence-electron chi connectivity index (χ2n) is 5.90. The molecule has 2 amide bonds. The molecule has 0 fully saturated rings. The van der Waals surface area contributed by atoms with Gasteiger partial charge in [-0.25, -0.2) is 19.3 Å². The Hall–Kier alpha value is -2.61. The Bertz CT molecular complexity index is 790. The number of urea groups is 1. The van der Waals surface area contributed by atoms with Crippen LogP contribution in [0.1, 0.15) is 49.9 Å². The monoisotopic (exact) mass is 379 g/mol. The predicted octanol–water partition coefficient (Wildman–Crippen LogP) is 3.40. The molecule has 1 heterocycles. The zero-order valence-corrected chi connectivity index (χ0v) is 15.9. The molecule has 0 saturated carbocycles. The molecule has 0 aliphatic heterocycles. The van der Waals surface area contributed by atoms with Crippen molar-refractivity contribution in [2.24, 2.45) is 0 Å². The third kappa shape index (κ3) is 4.95. The van der Waals surface area contributed by atoms with E-state index in [4.69, 9.17) is 16.3 Å². The number of aryl methyl sites for hydroxylation is 1. The zero-order valence-electron chi connectivity index (χ0n) is 15.1. The number of nitrogens with one attached hydrogen (secondary N) is 2. The Balaban J connectivity index is 2.07. The largest absolute Gasteiger partial charge is 0.459 e. The van der Waals surface area contributed by atoms with Crippen molar-refractivity contribution in [1.29, 1.82) is 0 Å². The normalized spacial score (nSPS) is 11.9. The molecule has 8 nitrogen and oxygen atoms in total. The number of rotatable bonds is 6. The lowest BCUT2D eigenvalue weighted by molar-refractivity contribution is 0.0378. The summed E-state index contributed by atoms with van der Waals surface area (Å²) >= 11 is 6.11. The smallest absolute Gasteiger partial charge is 0.338 e. The number of ether oxygens (including phenoxy) is 1. The molecule has 2 rings (SSSR count). The van der Waals surface area contributed by atoms with Gasteiger partial charge >= 0.3 is 12.0 Å². The van der Waals surface area contributed by atoms with Crippen LogP contribution in [-0.4, -0.2) is 32.9 Å². The van der Waals surface area contributed by atoms with Gasteiger partial charge < -0.3 is 15.4 Å². The number of esters is 1. The Kier molecular flexibility index (Phi) is 6.57. The molecule has 0 radical (unpaired) electrons. The summed E-state index contributed by atoms with van der Waals surface area (Å²) < 4.78 is 6.84. The molecule has 0 aliphatic rings. The molecule has 0 aliphatic carbocycles. The molecule has 2 N–H and O–H groups in total. The molecule has 0 unspecified atom stereocenters. The van der Waals surface area contributed by atoms with Crippen LogP contribution in [0.2, 0.25) is 5.02 Å². The van der Waals surface area contributed by atoms with Gasteiger partial charge in [0.1, 0.15) is 12.2 Å². The number of aromatic nitrogens is 3. The van der Waals surface area contributed by atoms with E-state index in [1.165, 1.54) is 18.5 Å². The fourth-order valence-corrected chi connectivity index (χ4v) is 2.47. The molecule has 2 aromatic rings. The standard InChI is InChI=1S/C17H22ClN5O3/c1-5-23-15(19-9-20-23)11(4)21-17(25)22-14-8-12(6-7-13(14)18)16(24)26-10(2)3/h6-11H,5H2,1-4H3,(H2,21,22,25)/t11-/m0/s1. The summed E-state index contributed by atoms with van der Waals surface area (Å²) in [5.41, 5.74) is 0.615. The first-order valence-corrected chi connectivity index (χ1v) is 8.65. The van der Waals surface area contributed by atoms with E-state index in [0.717, 1.165) is 0 Å². The minimum Gasteiger partial charge on any atom is -0.459 e. The van der Waals surface area contributed by atoms with Gasteiger partial charge in [-0.15, -0.1) is 0 Å². The third-order valence-electron chi connectivity index (χ3n) is 3.47. The van der Waals surface area contributed by atoms with Crippen molar-refractivity contribution >= 4 is 29.3 Å². The van der Waals surface area contributed by atoms with E-state index < -0.39 is 12.0 Å². The summed E-state index contributed by atoms with van der Waals surface area (Å²) in [4.78, 5) is 28.4. The number of hydrogen-bond acceptors (Lipinski definition) is 5. The van der Waals surface area contributed by atoms with Gasteiger partial charge in [0.25, 0.3) is 0 Å². The zero-order chi connectivity index (χ0) is 19.3. The molecule has 0 saturated heterocycles. The van der Waals surface area contributed by atoms with Crippen LogP contribution >= 0.6 is 11.6 Å². The van der Waals surface area contributed by atoms with Gasteiger partial charge in [-0.1, -0.05) is 11.6 Å². The van der Waals surface area contributed by atoms with Gasteiger partial charge in [0, 0.05) is 6.54 Å². The second kappa shape index (κ2) is 8.66. The van der Waals surface area contributed by atoms with Crippen molar-refractivity contribution in [3.05, 3.63) is 40.9 Å². The average Bonchev–Trinajstić information content (AvgIpc) is 3.04. The molecule has 140 valence electrons. The topological polar surface area (TPSA) is 98.1 Å². The van der Waals surface area contributed by atoms with E-state index in [2.05, 4.69) is 20.7 Å². The fourth-order valence-electron chi connectivity index (χ4n) is 2.30. The maximum absolute atomic E-state index is 12.3. The SMILES string of the molecule is CCn1ncnc1[C@H](C)NC(=O)Nc1cc(C(=O)OC(C)C)ccc1Cl. The van der Waals surface area contributed by atoms with Crippen molar-refractivity contribution in [2.45, 2.75) is 46.4 Å². The molecule has 1 aromatic carbocycles. The number of carbonyl (C=O) groups excluding carboxylic acids is 2. The van der Waals surface area contributed by atoms with Crippen molar-refractivity contribution < 1.29 is 14.3 Å². The molecule has 0 bridgehead atoms. The van der Waals surface area contributed by atoms with Gasteiger partial charge in [0.15, 0.2) is 0 Å². The highest BCUT2D eigenvalue weighted by molar-refractivity contribution is 6.33. The molecule has 1 aromatic heterocycles. The van der Waals surface area contributed by atoms with E-state index in [9.17, 15) is 9.59 Å². The lowest BCUT2D eigenvalue weighted by Gasteiger charge is -2.16. The number of benzene rings is 1. The van der Waals surface area contributed by atoms with Crippen LogP contribution < -0.4 is 10.6 Å². The minimum atomic E-state index is -0.482. The Morgan fingerprint density at radius 2 is 2.04 bits per heavy atom. The highest BCUT2D eigenvalue weighted by Gasteiger charge is 2.17. The maximum atomic E-state index is 12.3. The Morgan fingerprint density at radius 3 is 2.69 bits per heavy atom. The first-order valence-electron chi connectivity index (χ1n) is 8.27. The first kappa shape index (κ1) is 19.7. The Labute approximate surface area is 156 Å². The van der Waals surface area contributed by atoms with Crippen LogP contribution in [0.5, 0.6) is 0 Å². The molecular weight excluding hydrogens is 358 g/mol. The number of carbonyl (C=O) groups is 2. The van der Waals surface area contributed by atoms with E-state index in [1.807, 2.05) is 6.92 Å². The van der Waals surface area contributed by atoms with Crippen molar-refractivity contribution in [3.8, 4) is 0 Å². The lowest BCUT2D eigenvalue weighted by atomic mass is 10.2. The quantitative estimate of drug-likeness (QED) is 0.749. The van der Waals surface area contributed by atoms with Crippen LogP contribution in [0.4, 0.5) is 10.5 Å². The summed E-state index contributed by atoms with van der Waals surface area (Å²) in [5, 5.41) is 9.80. The summed E-state index contributed by atoms with van der Waals surface area (Å²) in [7, 11) is 0. The number of nitrogens with zero attached hydrogens (tertiary/aromatic N) is 3. The third-order valence-corrected chi connectivity index (χ3v) is 3.80. The molecule has 1 atom stereocenters. The number of anilines is 1. The average molecular weight is 380 g/mol. The van der Waals surface area contributed by atoms with Gasteiger partial charge in [-0.2, -0.15) is 5.10 Å². The number of hydrogen-bond donors (Lipinski definition) is 2. The van der Waals surface area contributed by atoms with Crippen LogP contribution in [0.3, 0.4) is 0 Å². The minimum absolute atomic E-state index is 0.241. The maximum Gasteiger partial charge on any atom is 0.338 e. The van der Waals surface area contributed by atoms with E-state index in [0.29, 0.717) is 28.6 Å². The second-order valence-corrected chi connectivity index (χ2v) is 6.31. The van der Waals surface area contributed by atoms with Gasteiger partial charge in [0.2, 0.25) is 0 Å². The van der Waals surface area contributed by atoms with E-state index in [-0.39, 0.29) is 12.1 Å². The fraction of sp³-hybridized carbons (Fsp3) is 0.412. The summed E-state index contributed by atoms with van der Waals surface area (Å²) in [6.45, 7) is 7.91. The van der Waals surface area contributed by atoms with Crippen LogP contribution in [0.25, 0.3) is 0 Å². The molecule has 0 spiro atoms. The van der Waals surface area contributed by atoms with Gasteiger partial charge in [-0.05, 0) is 45.9 Å². The van der Waals surface area contributed by atoms with Crippen molar-refractivity contribution in [2.75, 3.05) is 5.32 Å². The molecule has 26 heavy (non-hydrogen) atoms. The predicted molar refractivity (Wildman–Crippen MR) is 98.3 cm³/mol. The number of amides is 2. The molecule has 9 heteroatoms. The number of halogens is 1. The van der Waals surface area contributed by atoms with Crippen LogP contribution in [-0.2, 0) is 11.3 Å². The van der Waals surface area contributed by atoms with E-state index in [1.54, 1.807) is 31.5 Å². The van der Waals surface area contributed by atoms with Crippen molar-refractivity contribution in [1.82, 2.24) is 20.1 Å². The summed E-state index contributed by atoms with van der Waals surface area (Å²) in [6, 6.07) is 3.73. The van der Waals surface area contributed by atoms with Gasteiger partial charge in [0.05, 0.1) is 28.4 Å². The van der Waals surface area contributed by atoms with Crippen LogP contribution in [0.15, 0.2) is 24.5 Å². The summed E-state index contributed by atoms with van der Waals surface area (Å²) in [5.74, 6) is 0.160. The highest BCUT2D eigenvalue weighted by atomic mass is 35.5. The first-order chi connectivity index (χ1) is 12.3. The highest BCUT2D eigenvalue weighted by Crippen LogP contribution is 2.24. The van der Waals surface area contributed by atoms with Crippen molar-refractivity contribution in [3.63, 3.8) is 0 Å². The Morgan fingerprint density at radius 1 is 1.31 bits per heavy atom. The van der Waals surface area contributed by atoms with E-state index >= 15 is 0 Å². The van der Waals surface area contributed by atoms with Gasteiger partial charge in [-0.3, -0.25) is 0 Å². The molecular formula is C17H22ClN5O3.